The molecule has 4 rings (SSSR count). The molecule has 0 saturated heterocycles. The number of benzene rings is 1. The quantitative estimate of drug-likeness (QED) is 0.341. The summed E-state index contributed by atoms with van der Waals surface area (Å²) < 4.78 is 48.1. The Morgan fingerprint density at radius 2 is 1.94 bits per heavy atom. The van der Waals surface area contributed by atoms with Crippen molar-refractivity contribution in [2.45, 2.75) is 39.6 Å². The Balaban J connectivity index is 1.42. The lowest BCUT2D eigenvalue weighted by atomic mass is 10.1. The predicted molar refractivity (Wildman–Crippen MR) is 123 cm³/mol. The largest absolute Gasteiger partial charge is 0.573 e. The molecule has 1 N–H and O–H groups in total. The molecule has 0 aliphatic heterocycles. The third kappa shape index (κ3) is 6.68. The Hall–Kier alpha value is -4.22. The Morgan fingerprint density at radius 1 is 1.17 bits per heavy atom. The van der Waals surface area contributed by atoms with Gasteiger partial charge in [-0.1, -0.05) is 5.16 Å². The Bertz CT molecular complexity index is 1330. The minimum absolute atomic E-state index is 0.0523. The molecule has 0 saturated carbocycles. The zero-order chi connectivity index (χ0) is 25.7. The van der Waals surface area contributed by atoms with E-state index in [0.717, 1.165) is 29.8 Å². The first-order valence-corrected chi connectivity index (χ1v) is 11.1. The molecule has 1 aromatic carbocycles. The predicted octanol–water partition coefficient (Wildman–Crippen LogP) is 4.32. The first-order chi connectivity index (χ1) is 17.2. The fraction of sp³-hybridized carbons (Fsp3) is 0.292. The van der Waals surface area contributed by atoms with Crippen molar-refractivity contribution >= 4 is 5.91 Å². The van der Waals surface area contributed by atoms with Gasteiger partial charge in [0.25, 0.3) is 5.89 Å². The maximum Gasteiger partial charge on any atom is 0.573 e. The van der Waals surface area contributed by atoms with Crippen molar-refractivity contribution in [3.05, 3.63) is 65.6 Å². The van der Waals surface area contributed by atoms with E-state index in [0.29, 0.717) is 24.3 Å². The lowest BCUT2D eigenvalue weighted by Crippen LogP contribution is -2.21. The zero-order valence-corrected chi connectivity index (χ0v) is 19.5. The van der Waals surface area contributed by atoms with Gasteiger partial charge in [0.15, 0.2) is 5.69 Å². The number of nitrogens with zero attached hydrogens (tertiary/aromatic N) is 5. The number of hydrogen-bond donors (Lipinski definition) is 1. The van der Waals surface area contributed by atoms with Crippen LogP contribution in [0.5, 0.6) is 5.75 Å². The van der Waals surface area contributed by atoms with Crippen LogP contribution in [0.25, 0.3) is 23.0 Å². The van der Waals surface area contributed by atoms with Gasteiger partial charge in [-0.2, -0.15) is 10.1 Å². The average molecular weight is 500 g/mol. The Labute approximate surface area is 204 Å². The summed E-state index contributed by atoms with van der Waals surface area (Å²) in [6, 6.07) is 10.9. The molecule has 0 unspecified atom stereocenters. The molecule has 0 aliphatic rings. The molecule has 3 aromatic heterocycles. The molecule has 0 radical (unpaired) electrons. The number of aromatic nitrogens is 5. The summed E-state index contributed by atoms with van der Waals surface area (Å²) in [5.74, 6) is 0.0180. The Morgan fingerprint density at radius 3 is 2.67 bits per heavy atom. The van der Waals surface area contributed by atoms with Gasteiger partial charge < -0.3 is 14.6 Å². The van der Waals surface area contributed by atoms with Crippen molar-refractivity contribution in [2.24, 2.45) is 0 Å². The number of carbonyl (C=O) groups is 1. The van der Waals surface area contributed by atoms with E-state index in [1.807, 2.05) is 25.1 Å². The van der Waals surface area contributed by atoms with Crippen molar-refractivity contribution in [3.8, 4) is 28.7 Å². The average Bonchev–Trinajstić information content (AvgIpc) is 3.44. The molecular weight excluding hydrogens is 477 g/mol. The summed E-state index contributed by atoms with van der Waals surface area (Å²) in [6.45, 7) is 4.50. The standard InChI is InChI=1S/C24H23F3N6O3/c1-15-12-21(23-30-22(32-36-23)18-5-7-20(8-6-18)35-24(25,26)27)31-33(15)14-17-9-11-29-19(13-17)4-3-10-28-16(2)34/h5-9,11-13H,3-4,10,14H2,1-2H3,(H,28,34). The van der Waals surface area contributed by atoms with E-state index < -0.39 is 6.36 Å². The number of amides is 1. The number of ether oxygens (including phenoxy) is 1. The van der Waals surface area contributed by atoms with Crippen LogP contribution in [0.4, 0.5) is 13.2 Å². The minimum atomic E-state index is -4.76. The molecule has 188 valence electrons. The second kappa shape index (κ2) is 10.6. The molecule has 0 fully saturated rings. The van der Waals surface area contributed by atoms with E-state index in [1.165, 1.54) is 31.2 Å². The van der Waals surface area contributed by atoms with E-state index in [4.69, 9.17) is 4.52 Å². The van der Waals surface area contributed by atoms with Gasteiger partial charge in [-0.05, 0) is 67.8 Å². The number of halogens is 3. The maximum absolute atomic E-state index is 12.3. The van der Waals surface area contributed by atoms with Gasteiger partial charge >= 0.3 is 6.36 Å². The summed E-state index contributed by atoms with van der Waals surface area (Å²) >= 11 is 0. The van der Waals surface area contributed by atoms with Gasteiger partial charge in [-0.15, -0.1) is 13.2 Å². The van der Waals surface area contributed by atoms with Crippen molar-refractivity contribution < 1.29 is 27.2 Å². The fourth-order valence-electron chi connectivity index (χ4n) is 3.50. The normalized spacial score (nSPS) is 11.5. The number of alkyl halides is 3. The summed E-state index contributed by atoms with van der Waals surface area (Å²) in [5.41, 5.74) is 3.77. The summed E-state index contributed by atoms with van der Waals surface area (Å²) in [4.78, 5) is 19.7. The third-order valence-electron chi connectivity index (χ3n) is 5.17. The highest BCUT2D eigenvalue weighted by molar-refractivity contribution is 5.72. The molecule has 0 atom stereocenters. The van der Waals surface area contributed by atoms with Crippen LogP contribution in [0.3, 0.4) is 0 Å². The van der Waals surface area contributed by atoms with Crippen LogP contribution < -0.4 is 10.1 Å². The highest BCUT2D eigenvalue weighted by atomic mass is 19.4. The molecular formula is C24H23F3N6O3. The minimum Gasteiger partial charge on any atom is -0.406 e. The summed E-state index contributed by atoms with van der Waals surface area (Å²) in [7, 11) is 0. The second-order valence-electron chi connectivity index (χ2n) is 8.07. The van der Waals surface area contributed by atoms with Crippen molar-refractivity contribution in [1.29, 1.82) is 0 Å². The Kier molecular flexibility index (Phi) is 7.32. The van der Waals surface area contributed by atoms with Crippen molar-refractivity contribution in [2.75, 3.05) is 6.54 Å². The number of nitrogens with one attached hydrogen (secondary N) is 1. The van der Waals surface area contributed by atoms with Crippen LogP contribution in [-0.2, 0) is 17.8 Å². The van der Waals surface area contributed by atoms with Crippen molar-refractivity contribution in [1.82, 2.24) is 30.2 Å². The first kappa shape index (κ1) is 24.9. The maximum atomic E-state index is 12.3. The smallest absolute Gasteiger partial charge is 0.406 e. The molecule has 36 heavy (non-hydrogen) atoms. The van der Waals surface area contributed by atoms with Crippen LogP contribution in [-0.4, -0.2) is 43.7 Å². The highest BCUT2D eigenvalue weighted by Gasteiger charge is 2.31. The topological polar surface area (TPSA) is 108 Å². The monoisotopic (exact) mass is 500 g/mol. The molecule has 1 amide bonds. The van der Waals surface area contributed by atoms with Gasteiger partial charge in [0.2, 0.25) is 11.7 Å². The van der Waals surface area contributed by atoms with E-state index in [2.05, 4.69) is 30.3 Å². The van der Waals surface area contributed by atoms with Gasteiger partial charge in [-0.25, -0.2) is 0 Å². The molecule has 3 heterocycles. The molecule has 12 heteroatoms. The zero-order valence-electron chi connectivity index (χ0n) is 19.5. The van der Waals surface area contributed by atoms with E-state index >= 15 is 0 Å². The first-order valence-electron chi connectivity index (χ1n) is 11.1. The van der Waals surface area contributed by atoms with Crippen molar-refractivity contribution in [3.63, 3.8) is 0 Å². The van der Waals surface area contributed by atoms with E-state index in [-0.39, 0.29) is 23.4 Å². The van der Waals surface area contributed by atoms with E-state index in [9.17, 15) is 18.0 Å². The van der Waals surface area contributed by atoms with E-state index in [1.54, 1.807) is 10.9 Å². The van der Waals surface area contributed by atoms with Gasteiger partial charge in [-0.3, -0.25) is 14.5 Å². The summed E-state index contributed by atoms with van der Waals surface area (Å²) in [5, 5.41) is 11.3. The lowest BCUT2D eigenvalue weighted by molar-refractivity contribution is -0.274. The summed E-state index contributed by atoms with van der Waals surface area (Å²) in [6.07, 6.45) is -1.48. The number of hydrogen-bond acceptors (Lipinski definition) is 7. The lowest BCUT2D eigenvalue weighted by Gasteiger charge is -2.08. The number of pyridine rings is 1. The molecule has 9 nitrogen and oxygen atoms in total. The number of rotatable bonds is 9. The van der Waals surface area contributed by atoms with Gasteiger partial charge in [0.05, 0.1) is 6.54 Å². The van der Waals surface area contributed by atoms with Crippen LogP contribution in [0.1, 0.15) is 30.3 Å². The van der Waals surface area contributed by atoms with Gasteiger partial charge in [0.1, 0.15) is 5.75 Å². The molecule has 0 spiro atoms. The second-order valence-corrected chi connectivity index (χ2v) is 8.07. The molecule has 4 aromatic rings. The van der Waals surface area contributed by atoms with Crippen LogP contribution in [0.2, 0.25) is 0 Å². The SMILES string of the molecule is CC(=O)NCCCc1cc(Cn2nc(-c3nc(-c4ccc(OC(F)(F)F)cc4)no3)cc2C)ccn1. The molecule has 0 bridgehead atoms. The van der Waals surface area contributed by atoms with Crippen LogP contribution >= 0.6 is 0 Å². The molecule has 0 aliphatic carbocycles. The van der Waals surface area contributed by atoms with Crippen LogP contribution in [0.15, 0.2) is 53.2 Å². The fourth-order valence-corrected chi connectivity index (χ4v) is 3.50. The van der Waals surface area contributed by atoms with Gasteiger partial charge in [0, 0.05) is 36.6 Å². The third-order valence-corrected chi connectivity index (χ3v) is 5.17. The highest BCUT2D eigenvalue weighted by Crippen LogP contribution is 2.27. The van der Waals surface area contributed by atoms with Crippen LogP contribution in [0, 0.1) is 6.92 Å². The number of carbonyl (C=O) groups excluding carboxylic acids is 1. The number of aryl methyl sites for hydroxylation is 2.